The molecule has 0 amide bonds. The molecule has 19 heavy (non-hydrogen) atoms. The minimum Gasteiger partial charge on any atom is -0.367 e. The number of hydrogen-bond acceptors (Lipinski definition) is 5. The molecule has 1 atom stereocenters. The number of aromatic nitrogens is 2. The van der Waals surface area contributed by atoms with Gasteiger partial charge in [-0.2, -0.15) is 0 Å². The molecule has 5 nitrogen and oxygen atoms in total. The molecule has 5 heteroatoms. The highest BCUT2D eigenvalue weighted by Crippen LogP contribution is 2.26. The maximum atomic E-state index is 4.44. The van der Waals surface area contributed by atoms with Crippen LogP contribution < -0.4 is 15.5 Å². The maximum absolute atomic E-state index is 4.44. The van der Waals surface area contributed by atoms with Gasteiger partial charge in [0.25, 0.3) is 0 Å². The molecule has 1 aliphatic heterocycles. The Hall–Kier alpha value is -1.36. The van der Waals surface area contributed by atoms with Crippen molar-refractivity contribution in [3.05, 3.63) is 12.4 Å². The molecule has 2 fully saturated rings. The van der Waals surface area contributed by atoms with Gasteiger partial charge in [-0.25, -0.2) is 9.97 Å². The molecule has 0 radical (unpaired) electrons. The van der Waals surface area contributed by atoms with Gasteiger partial charge in [-0.05, 0) is 45.2 Å². The van der Waals surface area contributed by atoms with E-state index >= 15 is 0 Å². The number of nitrogens with one attached hydrogen (secondary N) is 2. The zero-order valence-electron chi connectivity index (χ0n) is 11.6. The van der Waals surface area contributed by atoms with Gasteiger partial charge in [0.1, 0.15) is 18.0 Å². The van der Waals surface area contributed by atoms with E-state index in [1.54, 1.807) is 6.33 Å². The predicted molar refractivity (Wildman–Crippen MR) is 77.5 cm³/mol. The first-order chi connectivity index (χ1) is 9.35. The van der Waals surface area contributed by atoms with E-state index in [1.165, 1.54) is 25.7 Å². The minimum absolute atomic E-state index is 0.640. The normalized spacial score (nSPS) is 23.4. The molecule has 1 aromatic rings. The monoisotopic (exact) mass is 261 g/mol. The largest absolute Gasteiger partial charge is 0.367 e. The van der Waals surface area contributed by atoms with E-state index < -0.39 is 0 Å². The Labute approximate surface area is 114 Å². The molecule has 0 bridgehead atoms. The van der Waals surface area contributed by atoms with Crippen LogP contribution in [-0.4, -0.2) is 42.7 Å². The summed E-state index contributed by atoms with van der Waals surface area (Å²) in [6, 6.07) is 2.74. The van der Waals surface area contributed by atoms with Crippen molar-refractivity contribution in [1.29, 1.82) is 0 Å². The average molecular weight is 261 g/mol. The van der Waals surface area contributed by atoms with Crippen LogP contribution in [0, 0.1) is 5.92 Å². The zero-order valence-corrected chi connectivity index (χ0v) is 11.6. The summed E-state index contributed by atoms with van der Waals surface area (Å²) in [5.74, 6) is 2.77. The first-order valence-corrected chi connectivity index (χ1v) is 7.33. The lowest BCUT2D eigenvalue weighted by atomic mass is 9.98. The van der Waals surface area contributed by atoms with Crippen LogP contribution in [0.3, 0.4) is 0 Å². The topological polar surface area (TPSA) is 53.1 Å². The van der Waals surface area contributed by atoms with Gasteiger partial charge in [-0.3, -0.25) is 0 Å². The summed E-state index contributed by atoms with van der Waals surface area (Å²) in [5.41, 5.74) is 0. The maximum Gasteiger partial charge on any atom is 0.134 e. The fourth-order valence-electron chi connectivity index (χ4n) is 2.76. The van der Waals surface area contributed by atoms with Crippen molar-refractivity contribution in [2.24, 2.45) is 5.92 Å². The van der Waals surface area contributed by atoms with Crippen LogP contribution in [0.4, 0.5) is 11.6 Å². The summed E-state index contributed by atoms with van der Waals surface area (Å²) in [5, 5.41) is 6.72. The molecule has 1 aliphatic carbocycles. The van der Waals surface area contributed by atoms with Crippen molar-refractivity contribution >= 4 is 11.6 Å². The van der Waals surface area contributed by atoms with Crippen LogP contribution >= 0.6 is 0 Å². The van der Waals surface area contributed by atoms with E-state index in [-0.39, 0.29) is 0 Å². The van der Waals surface area contributed by atoms with Gasteiger partial charge >= 0.3 is 0 Å². The SMILES string of the molecule is CNCC1CCCN(c2cc(NC3CC3)ncn2)C1. The fraction of sp³-hybridized carbons (Fsp3) is 0.714. The quantitative estimate of drug-likeness (QED) is 0.841. The van der Waals surface area contributed by atoms with Crippen molar-refractivity contribution in [2.45, 2.75) is 31.7 Å². The van der Waals surface area contributed by atoms with Crippen molar-refractivity contribution < 1.29 is 0 Å². The highest BCUT2D eigenvalue weighted by atomic mass is 15.2. The Morgan fingerprint density at radius 2 is 2.21 bits per heavy atom. The Morgan fingerprint density at radius 3 is 3.00 bits per heavy atom. The summed E-state index contributed by atoms with van der Waals surface area (Å²) in [6.07, 6.45) is 6.79. The number of rotatable bonds is 5. The summed E-state index contributed by atoms with van der Waals surface area (Å²) in [4.78, 5) is 11.1. The zero-order chi connectivity index (χ0) is 13.1. The van der Waals surface area contributed by atoms with E-state index in [0.717, 1.165) is 37.2 Å². The number of nitrogens with zero attached hydrogens (tertiary/aromatic N) is 3. The lowest BCUT2D eigenvalue weighted by molar-refractivity contribution is 0.401. The molecular formula is C14H23N5. The van der Waals surface area contributed by atoms with Crippen molar-refractivity contribution in [2.75, 3.05) is 36.9 Å². The molecule has 104 valence electrons. The van der Waals surface area contributed by atoms with Gasteiger partial charge in [0.2, 0.25) is 0 Å². The summed E-state index contributed by atoms with van der Waals surface area (Å²) < 4.78 is 0. The van der Waals surface area contributed by atoms with Gasteiger partial charge in [0.15, 0.2) is 0 Å². The van der Waals surface area contributed by atoms with E-state index in [1.807, 2.05) is 7.05 Å². The van der Waals surface area contributed by atoms with Gasteiger partial charge in [-0.1, -0.05) is 0 Å². The van der Waals surface area contributed by atoms with Crippen LogP contribution in [0.1, 0.15) is 25.7 Å². The van der Waals surface area contributed by atoms with Crippen molar-refractivity contribution in [3.8, 4) is 0 Å². The lowest BCUT2D eigenvalue weighted by Gasteiger charge is -2.33. The van der Waals surface area contributed by atoms with Crippen molar-refractivity contribution in [1.82, 2.24) is 15.3 Å². The molecule has 2 N–H and O–H groups in total. The van der Waals surface area contributed by atoms with Gasteiger partial charge in [-0.15, -0.1) is 0 Å². The van der Waals surface area contributed by atoms with Crippen LogP contribution in [-0.2, 0) is 0 Å². The minimum atomic E-state index is 0.640. The van der Waals surface area contributed by atoms with Gasteiger partial charge in [0, 0.05) is 25.2 Å². The molecular weight excluding hydrogens is 238 g/mol. The average Bonchev–Trinajstić information content (AvgIpc) is 3.24. The summed E-state index contributed by atoms with van der Waals surface area (Å²) in [7, 11) is 2.03. The fourth-order valence-corrected chi connectivity index (χ4v) is 2.76. The summed E-state index contributed by atoms with van der Waals surface area (Å²) in [6.45, 7) is 3.30. The number of piperidine rings is 1. The Bertz CT molecular complexity index is 416. The van der Waals surface area contributed by atoms with Crippen LogP contribution in [0.25, 0.3) is 0 Å². The van der Waals surface area contributed by atoms with E-state index in [4.69, 9.17) is 0 Å². The molecule has 1 unspecified atom stereocenters. The van der Waals surface area contributed by atoms with E-state index in [0.29, 0.717) is 6.04 Å². The van der Waals surface area contributed by atoms with Crippen molar-refractivity contribution in [3.63, 3.8) is 0 Å². The summed E-state index contributed by atoms with van der Waals surface area (Å²) >= 11 is 0. The van der Waals surface area contributed by atoms with Gasteiger partial charge in [0.05, 0.1) is 0 Å². The smallest absolute Gasteiger partial charge is 0.134 e. The first-order valence-electron chi connectivity index (χ1n) is 7.33. The van der Waals surface area contributed by atoms with Crippen LogP contribution in [0.2, 0.25) is 0 Å². The Kier molecular flexibility index (Phi) is 3.82. The highest BCUT2D eigenvalue weighted by Gasteiger charge is 2.23. The van der Waals surface area contributed by atoms with E-state index in [2.05, 4.69) is 31.6 Å². The molecule has 0 aromatic carbocycles. The predicted octanol–water partition coefficient (Wildman–Crippen LogP) is 1.49. The first kappa shape index (κ1) is 12.7. The molecule has 1 aromatic heterocycles. The third-order valence-corrected chi connectivity index (χ3v) is 3.92. The molecule has 2 heterocycles. The third kappa shape index (κ3) is 3.35. The number of hydrogen-bond donors (Lipinski definition) is 2. The second kappa shape index (κ2) is 5.74. The van der Waals surface area contributed by atoms with Gasteiger partial charge < -0.3 is 15.5 Å². The lowest BCUT2D eigenvalue weighted by Crippen LogP contribution is -2.39. The number of anilines is 2. The molecule has 3 rings (SSSR count). The van der Waals surface area contributed by atoms with Crippen LogP contribution in [0.5, 0.6) is 0 Å². The standard InChI is InChI=1S/C14H23N5/c1-15-8-11-3-2-6-19(9-11)14-7-13(16-10-17-14)18-12-4-5-12/h7,10-12,15H,2-6,8-9H2,1H3,(H,16,17,18). The Morgan fingerprint density at radius 1 is 1.32 bits per heavy atom. The molecule has 2 aliphatic rings. The molecule has 0 spiro atoms. The Balaban J connectivity index is 1.66. The van der Waals surface area contributed by atoms with Crippen LogP contribution in [0.15, 0.2) is 12.4 Å². The third-order valence-electron chi connectivity index (χ3n) is 3.92. The second-order valence-corrected chi connectivity index (χ2v) is 5.69. The molecule has 1 saturated heterocycles. The highest BCUT2D eigenvalue weighted by molar-refractivity contribution is 5.49. The molecule has 1 saturated carbocycles. The van der Waals surface area contributed by atoms with E-state index in [9.17, 15) is 0 Å². The second-order valence-electron chi connectivity index (χ2n) is 5.69.